The molecule has 1 aromatic rings. The highest BCUT2D eigenvalue weighted by molar-refractivity contribution is 5.27. The van der Waals surface area contributed by atoms with Crippen molar-refractivity contribution in [1.29, 1.82) is 0 Å². The molecule has 0 radical (unpaired) electrons. The van der Waals surface area contributed by atoms with E-state index < -0.39 is 0 Å². The smallest absolute Gasteiger partial charge is 0.119 e. The summed E-state index contributed by atoms with van der Waals surface area (Å²) in [6, 6.07) is 8.25. The van der Waals surface area contributed by atoms with Gasteiger partial charge in [-0.25, -0.2) is 0 Å². The number of nitrogens with one attached hydrogen (secondary N) is 1. The van der Waals surface area contributed by atoms with E-state index in [1.54, 1.807) is 13.2 Å². The van der Waals surface area contributed by atoms with Gasteiger partial charge in [-0.1, -0.05) is 24.8 Å². The van der Waals surface area contributed by atoms with Crippen LogP contribution in [0, 0.1) is 5.41 Å². The highest BCUT2D eigenvalue weighted by Gasteiger charge is 2.41. The molecular formula is C17H25NO2. The molecule has 1 aliphatic rings. The van der Waals surface area contributed by atoms with E-state index in [1.807, 2.05) is 12.1 Å². The minimum Gasteiger partial charge on any atom is -0.490 e. The van der Waals surface area contributed by atoms with E-state index in [0.29, 0.717) is 12.0 Å². The number of hydrogen-bond acceptors (Lipinski definition) is 3. The summed E-state index contributed by atoms with van der Waals surface area (Å²) in [5, 5.41) is 3.56. The highest BCUT2D eigenvalue weighted by Crippen LogP contribution is 2.48. The van der Waals surface area contributed by atoms with Crippen LogP contribution in [0.2, 0.25) is 0 Å². The average Bonchev–Trinajstić information content (AvgIpc) is 3.25. The van der Waals surface area contributed by atoms with Crippen LogP contribution in [0.1, 0.15) is 24.8 Å². The zero-order valence-electron chi connectivity index (χ0n) is 12.4. The van der Waals surface area contributed by atoms with Crippen molar-refractivity contribution in [3.05, 3.63) is 42.5 Å². The van der Waals surface area contributed by atoms with Crippen molar-refractivity contribution in [2.45, 2.75) is 25.8 Å². The van der Waals surface area contributed by atoms with Gasteiger partial charge >= 0.3 is 0 Å². The van der Waals surface area contributed by atoms with Gasteiger partial charge in [-0.2, -0.15) is 0 Å². The Kier molecular flexibility index (Phi) is 5.62. The molecule has 1 aromatic carbocycles. The second-order valence-corrected chi connectivity index (χ2v) is 5.59. The molecule has 0 spiro atoms. The normalized spacial score (nSPS) is 15.8. The Bertz CT molecular complexity index is 410. The molecule has 3 nitrogen and oxygen atoms in total. The lowest BCUT2D eigenvalue weighted by Gasteiger charge is -2.15. The zero-order chi connectivity index (χ0) is 14.3. The molecule has 1 fully saturated rings. The van der Waals surface area contributed by atoms with Gasteiger partial charge in [0.1, 0.15) is 12.4 Å². The Balaban J connectivity index is 1.70. The van der Waals surface area contributed by atoms with Gasteiger partial charge in [0.2, 0.25) is 0 Å². The van der Waals surface area contributed by atoms with Gasteiger partial charge in [0.15, 0.2) is 0 Å². The molecule has 1 saturated carbocycles. The molecule has 0 atom stereocenters. The third-order valence-corrected chi connectivity index (χ3v) is 3.91. The predicted molar refractivity (Wildman–Crippen MR) is 82.0 cm³/mol. The van der Waals surface area contributed by atoms with Gasteiger partial charge in [0, 0.05) is 26.8 Å². The SMILES string of the molecule is C=CCOc1ccc(CNCC2(CCOC)CC2)cc1. The van der Waals surface area contributed by atoms with E-state index in [-0.39, 0.29) is 0 Å². The van der Waals surface area contributed by atoms with Gasteiger partial charge in [-0.15, -0.1) is 0 Å². The predicted octanol–water partition coefficient (Wildman–Crippen LogP) is 3.16. The molecule has 1 N–H and O–H groups in total. The Morgan fingerprint density at radius 1 is 1.30 bits per heavy atom. The van der Waals surface area contributed by atoms with Crippen LogP contribution in [0.4, 0.5) is 0 Å². The number of rotatable bonds is 10. The summed E-state index contributed by atoms with van der Waals surface area (Å²) >= 11 is 0. The standard InChI is InChI=1S/C17H25NO2/c1-3-11-20-16-6-4-15(5-7-16)13-18-14-17(8-9-17)10-12-19-2/h3-7,18H,1,8-14H2,2H3. The van der Waals surface area contributed by atoms with Gasteiger partial charge in [-0.3, -0.25) is 0 Å². The van der Waals surface area contributed by atoms with Crippen LogP contribution >= 0.6 is 0 Å². The molecule has 3 heteroatoms. The summed E-state index contributed by atoms with van der Waals surface area (Å²) in [7, 11) is 1.78. The van der Waals surface area contributed by atoms with Crippen LogP contribution in [0.25, 0.3) is 0 Å². The second-order valence-electron chi connectivity index (χ2n) is 5.59. The van der Waals surface area contributed by atoms with Crippen molar-refractivity contribution in [2.24, 2.45) is 5.41 Å². The molecule has 20 heavy (non-hydrogen) atoms. The monoisotopic (exact) mass is 275 g/mol. The zero-order valence-corrected chi connectivity index (χ0v) is 12.4. The summed E-state index contributed by atoms with van der Waals surface area (Å²) in [4.78, 5) is 0. The van der Waals surface area contributed by atoms with E-state index in [2.05, 4.69) is 24.0 Å². The fourth-order valence-corrected chi connectivity index (χ4v) is 2.34. The van der Waals surface area contributed by atoms with Crippen molar-refractivity contribution in [1.82, 2.24) is 5.32 Å². The fraction of sp³-hybridized carbons (Fsp3) is 0.529. The quantitative estimate of drug-likeness (QED) is 0.665. The largest absolute Gasteiger partial charge is 0.490 e. The van der Waals surface area contributed by atoms with Gasteiger partial charge in [-0.05, 0) is 42.4 Å². The van der Waals surface area contributed by atoms with Crippen LogP contribution < -0.4 is 10.1 Å². The first-order valence-electron chi connectivity index (χ1n) is 7.30. The molecule has 1 aliphatic carbocycles. The third-order valence-electron chi connectivity index (χ3n) is 3.91. The van der Waals surface area contributed by atoms with Crippen LogP contribution in [-0.4, -0.2) is 26.9 Å². The molecule has 0 heterocycles. The van der Waals surface area contributed by atoms with Gasteiger partial charge in [0.25, 0.3) is 0 Å². The van der Waals surface area contributed by atoms with Gasteiger partial charge < -0.3 is 14.8 Å². The van der Waals surface area contributed by atoms with E-state index >= 15 is 0 Å². The van der Waals surface area contributed by atoms with Gasteiger partial charge in [0.05, 0.1) is 0 Å². The maximum absolute atomic E-state index is 5.47. The minimum atomic E-state index is 0.503. The van der Waals surface area contributed by atoms with Crippen molar-refractivity contribution < 1.29 is 9.47 Å². The van der Waals surface area contributed by atoms with Crippen molar-refractivity contribution in [3.63, 3.8) is 0 Å². The van der Waals surface area contributed by atoms with Crippen LogP contribution in [0.3, 0.4) is 0 Å². The molecule has 0 aliphatic heterocycles. The summed E-state index contributed by atoms with van der Waals surface area (Å²) < 4.78 is 10.6. The lowest BCUT2D eigenvalue weighted by molar-refractivity contribution is 0.171. The molecular weight excluding hydrogens is 250 g/mol. The van der Waals surface area contributed by atoms with E-state index in [0.717, 1.165) is 25.4 Å². The molecule has 0 aromatic heterocycles. The Hall–Kier alpha value is -1.32. The number of ether oxygens (including phenoxy) is 2. The Morgan fingerprint density at radius 2 is 2.05 bits per heavy atom. The molecule has 110 valence electrons. The number of hydrogen-bond donors (Lipinski definition) is 1. The second kappa shape index (κ2) is 7.46. The van der Waals surface area contributed by atoms with E-state index in [1.165, 1.54) is 24.8 Å². The minimum absolute atomic E-state index is 0.503. The number of methoxy groups -OCH3 is 1. The highest BCUT2D eigenvalue weighted by atomic mass is 16.5. The van der Waals surface area contributed by atoms with E-state index in [9.17, 15) is 0 Å². The first-order valence-corrected chi connectivity index (χ1v) is 7.30. The van der Waals surface area contributed by atoms with Crippen LogP contribution in [-0.2, 0) is 11.3 Å². The molecule has 0 saturated heterocycles. The summed E-state index contributed by atoms with van der Waals surface area (Å²) in [6.07, 6.45) is 5.59. The molecule has 2 rings (SSSR count). The fourth-order valence-electron chi connectivity index (χ4n) is 2.34. The Morgan fingerprint density at radius 3 is 2.65 bits per heavy atom. The lowest BCUT2D eigenvalue weighted by atomic mass is 10.0. The first kappa shape index (κ1) is 15.1. The summed E-state index contributed by atoms with van der Waals surface area (Å²) in [5.74, 6) is 0.896. The van der Waals surface area contributed by atoms with Crippen LogP contribution in [0.5, 0.6) is 5.75 Å². The number of benzene rings is 1. The first-order chi connectivity index (χ1) is 9.78. The average molecular weight is 275 g/mol. The summed E-state index contributed by atoms with van der Waals surface area (Å²) in [6.45, 7) is 7.07. The van der Waals surface area contributed by atoms with Crippen LogP contribution in [0.15, 0.2) is 36.9 Å². The van der Waals surface area contributed by atoms with Crippen molar-refractivity contribution in [2.75, 3.05) is 26.9 Å². The van der Waals surface area contributed by atoms with Crippen molar-refractivity contribution in [3.8, 4) is 5.75 Å². The lowest BCUT2D eigenvalue weighted by Crippen LogP contribution is -2.24. The summed E-state index contributed by atoms with van der Waals surface area (Å²) in [5.41, 5.74) is 1.79. The molecule has 0 amide bonds. The maximum Gasteiger partial charge on any atom is 0.119 e. The topological polar surface area (TPSA) is 30.5 Å². The Labute approximate surface area is 122 Å². The maximum atomic E-state index is 5.47. The third kappa shape index (κ3) is 4.66. The molecule has 0 unspecified atom stereocenters. The van der Waals surface area contributed by atoms with Crippen molar-refractivity contribution >= 4 is 0 Å². The molecule has 0 bridgehead atoms. The van der Waals surface area contributed by atoms with E-state index in [4.69, 9.17) is 9.47 Å².